The molecule has 20 heavy (non-hydrogen) atoms. The third-order valence-corrected chi connectivity index (χ3v) is 3.07. The first-order valence-electron chi connectivity index (χ1n) is 6.67. The highest BCUT2D eigenvalue weighted by Crippen LogP contribution is 2.10. The molecule has 1 aromatic rings. The Kier molecular flexibility index (Phi) is 7.48. The zero-order chi connectivity index (χ0) is 15.0. The summed E-state index contributed by atoms with van der Waals surface area (Å²) in [6.45, 7) is 5.87. The molecule has 0 heterocycles. The van der Waals surface area contributed by atoms with Gasteiger partial charge in [0.2, 0.25) is 0 Å². The van der Waals surface area contributed by atoms with Crippen molar-refractivity contribution in [1.29, 1.82) is 0 Å². The smallest absolute Gasteiger partial charge is 0.0898 e. The minimum absolute atomic E-state index is 0.161. The largest absolute Gasteiger partial charge is 0.389 e. The maximum absolute atomic E-state index is 9.85. The van der Waals surface area contributed by atoms with E-state index in [0.717, 1.165) is 5.56 Å². The van der Waals surface area contributed by atoms with Crippen LogP contribution in [0.3, 0.4) is 0 Å². The highest BCUT2D eigenvalue weighted by molar-refractivity contribution is 6.30. The molecule has 1 rings (SSSR count). The van der Waals surface area contributed by atoms with Gasteiger partial charge in [-0.3, -0.25) is 0 Å². The summed E-state index contributed by atoms with van der Waals surface area (Å²) < 4.78 is 10.6. The molecule has 0 fully saturated rings. The lowest BCUT2D eigenvalue weighted by Gasteiger charge is -2.26. The van der Waals surface area contributed by atoms with Gasteiger partial charge >= 0.3 is 0 Å². The van der Waals surface area contributed by atoms with E-state index in [4.69, 9.17) is 21.1 Å². The van der Waals surface area contributed by atoms with E-state index in [9.17, 15) is 5.11 Å². The summed E-state index contributed by atoms with van der Waals surface area (Å²) in [7, 11) is 1.66. The van der Waals surface area contributed by atoms with Crippen LogP contribution in [0.25, 0.3) is 0 Å². The van der Waals surface area contributed by atoms with Crippen molar-refractivity contribution in [3.63, 3.8) is 0 Å². The Hall–Kier alpha value is -0.650. The van der Waals surface area contributed by atoms with Crippen LogP contribution in [0.1, 0.15) is 19.4 Å². The molecule has 0 saturated carbocycles. The molecule has 0 amide bonds. The molecule has 1 aromatic carbocycles. The van der Waals surface area contributed by atoms with Gasteiger partial charge in [-0.2, -0.15) is 0 Å². The van der Waals surface area contributed by atoms with Gasteiger partial charge in [-0.1, -0.05) is 23.7 Å². The molecule has 2 N–H and O–H groups in total. The quantitative estimate of drug-likeness (QED) is 0.734. The fourth-order valence-electron chi connectivity index (χ4n) is 1.76. The predicted molar refractivity (Wildman–Crippen MR) is 81.1 cm³/mol. The Morgan fingerprint density at radius 3 is 2.55 bits per heavy atom. The maximum atomic E-state index is 9.85. The van der Waals surface area contributed by atoms with Gasteiger partial charge < -0.3 is 19.9 Å². The number of halogens is 1. The van der Waals surface area contributed by atoms with Crippen molar-refractivity contribution >= 4 is 11.6 Å². The predicted octanol–water partition coefficient (Wildman–Crippen LogP) is 2.23. The Bertz CT molecular complexity index is 381. The molecular weight excluding hydrogens is 278 g/mol. The Morgan fingerprint density at radius 1 is 1.30 bits per heavy atom. The first-order chi connectivity index (χ1) is 9.43. The summed E-state index contributed by atoms with van der Waals surface area (Å²) in [5.41, 5.74) is 0.876. The Labute approximate surface area is 126 Å². The molecule has 0 aliphatic carbocycles. The summed E-state index contributed by atoms with van der Waals surface area (Å²) in [5, 5.41) is 13.8. The van der Waals surface area contributed by atoms with Gasteiger partial charge in [0.15, 0.2) is 0 Å². The molecule has 0 aliphatic rings. The van der Waals surface area contributed by atoms with E-state index >= 15 is 0 Å². The van der Waals surface area contributed by atoms with Crippen molar-refractivity contribution in [2.24, 2.45) is 0 Å². The number of rotatable bonds is 9. The normalized spacial score (nSPS) is 13.4. The van der Waals surface area contributed by atoms with Crippen LogP contribution < -0.4 is 5.32 Å². The summed E-state index contributed by atoms with van der Waals surface area (Å²) in [6, 6.07) is 7.47. The van der Waals surface area contributed by atoms with Gasteiger partial charge in [0.1, 0.15) is 0 Å². The fraction of sp³-hybridized carbons (Fsp3) is 0.600. The standard InChI is InChI=1S/C15H24ClNO3/c1-15(2,11-19-3)17-8-14(18)10-20-9-12-4-6-13(16)7-5-12/h4-7,14,17-18H,8-11H2,1-3H3. The van der Waals surface area contributed by atoms with Gasteiger partial charge in [-0.25, -0.2) is 0 Å². The topological polar surface area (TPSA) is 50.7 Å². The third-order valence-electron chi connectivity index (χ3n) is 2.81. The van der Waals surface area contributed by atoms with Crippen LogP contribution in [-0.2, 0) is 16.1 Å². The van der Waals surface area contributed by atoms with E-state index in [-0.39, 0.29) is 5.54 Å². The molecule has 0 saturated heterocycles. The number of methoxy groups -OCH3 is 1. The van der Waals surface area contributed by atoms with Crippen LogP contribution in [0.15, 0.2) is 24.3 Å². The van der Waals surface area contributed by atoms with E-state index < -0.39 is 6.10 Å². The molecule has 0 radical (unpaired) electrons. The van der Waals surface area contributed by atoms with E-state index in [1.54, 1.807) is 7.11 Å². The van der Waals surface area contributed by atoms with Crippen LogP contribution in [0.4, 0.5) is 0 Å². The Balaban J connectivity index is 2.20. The molecule has 0 aliphatic heterocycles. The second kappa shape index (κ2) is 8.60. The highest BCUT2D eigenvalue weighted by atomic mass is 35.5. The number of ether oxygens (including phenoxy) is 2. The molecule has 0 spiro atoms. The average Bonchev–Trinajstić information content (AvgIpc) is 2.39. The second-order valence-electron chi connectivity index (χ2n) is 5.49. The number of hydrogen-bond donors (Lipinski definition) is 2. The zero-order valence-electron chi connectivity index (χ0n) is 12.4. The van der Waals surface area contributed by atoms with Crippen molar-refractivity contribution in [3.05, 3.63) is 34.9 Å². The van der Waals surface area contributed by atoms with Crippen LogP contribution in [0, 0.1) is 0 Å². The van der Waals surface area contributed by atoms with Crippen molar-refractivity contribution in [2.75, 3.05) is 26.9 Å². The SMILES string of the molecule is COCC(C)(C)NCC(O)COCc1ccc(Cl)cc1. The van der Waals surface area contributed by atoms with Crippen LogP contribution in [0.5, 0.6) is 0 Å². The summed E-state index contributed by atoms with van der Waals surface area (Å²) >= 11 is 5.81. The lowest BCUT2D eigenvalue weighted by atomic mass is 10.1. The van der Waals surface area contributed by atoms with Crippen LogP contribution in [0.2, 0.25) is 5.02 Å². The van der Waals surface area contributed by atoms with Crippen molar-refractivity contribution < 1.29 is 14.6 Å². The van der Waals surface area contributed by atoms with Gasteiger partial charge in [-0.15, -0.1) is 0 Å². The van der Waals surface area contributed by atoms with Crippen molar-refractivity contribution in [2.45, 2.75) is 32.1 Å². The number of β-amino-alcohol motifs (C(OH)–C–C–N with tert-alkyl or cyclic N) is 1. The lowest BCUT2D eigenvalue weighted by Crippen LogP contribution is -2.47. The van der Waals surface area contributed by atoms with Crippen LogP contribution >= 0.6 is 11.6 Å². The summed E-state index contributed by atoms with van der Waals surface area (Å²) in [5.74, 6) is 0. The Morgan fingerprint density at radius 2 is 1.95 bits per heavy atom. The minimum Gasteiger partial charge on any atom is -0.389 e. The molecule has 1 atom stereocenters. The third kappa shape index (κ3) is 7.22. The number of aliphatic hydroxyl groups excluding tert-OH is 1. The van der Waals surface area contributed by atoms with E-state index in [2.05, 4.69) is 5.32 Å². The number of benzene rings is 1. The average molecular weight is 302 g/mol. The first-order valence-corrected chi connectivity index (χ1v) is 7.05. The van der Waals surface area contributed by atoms with Gasteiger partial charge in [0.05, 0.1) is 25.9 Å². The van der Waals surface area contributed by atoms with E-state index in [1.165, 1.54) is 0 Å². The van der Waals surface area contributed by atoms with Gasteiger partial charge in [0, 0.05) is 24.2 Å². The van der Waals surface area contributed by atoms with Crippen molar-refractivity contribution in [1.82, 2.24) is 5.32 Å². The van der Waals surface area contributed by atoms with Crippen molar-refractivity contribution in [3.8, 4) is 0 Å². The van der Waals surface area contributed by atoms with Gasteiger partial charge in [-0.05, 0) is 31.5 Å². The number of hydrogen-bond acceptors (Lipinski definition) is 4. The lowest BCUT2D eigenvalue weighted by molar-refractivity contribution is 0.0222. The maximum Gasteiger partial charge on any atom is 0.0898 e. The summed E-state index contributed by atoms with van der Waals surface area (Å²) in [4.78, 5) is 0. The summed E-state index contributed by atoms with van der Waals surface area (Å²) in [6.07, 6.45) is -0.543. The molecule has 0 aromatic heterocycles. The molecule has 0 bridgehead atoms. The minimum atomic E-state index is -0.543. The first kappa shape index (κ1) is 17.4. The monoisotopic (exact) mass is 301 g/mol. The molecule has 1 unspecified atom stereocenters. The number of aliphatic hydroxyl groups is 1. The fourth-order valence-corrected chi connectivity index (χ4v) is 1.88. The van der Waals surface area contributed by atoms with Gasteiger partial charge in [0.25, 0.3) is 0 Å². The van der Waals surface area contributed by atoms with Crippen LogP contribution in [-0.4, -0.2) is 43.6 Å². The molecular formula is C15H24ClNO3. The molecule has 5 heteroatoms. The van der Waals surface area contributed by atoms with E-state index in [0.29, 0.717) is 31.4 Å². The second-order valence-corrected chi connectivity index (χ2v) is 5.93. The molecule has 114 valence electrons. The highest BCUT2D eigenvalue weighted by Gasteiger charge is 2.18. The number of nitrogens with one attached hydrogen (secondary N) is 1. The molecule has 4 nitrogen and oxygen atoms in total. The van der Waals surface area contributed by atoms with E-state index in [1.807, 2.05) is 38.1 Å². The zero-order valence-corrected chi connectivity index (χ0v) is 13.1.